The second-order valence-corrected chi connectivity index (χ2v) is 8.90. The van der Waals surface area contributed by atoms with Gasteiger partial charge >= 0.3 is 17.9 Å². The van der Waals surface area contributed by atoms with E-state index in [4.69, 9.17) is 4.74 Å². The van der Waals surface area contributed by atoms with Crippen LogP contribution in [-0.2, 0) is 14.3 Å². The molecule has 3 N–H and O–H groups in total. The third-order valence-electron chi connectivity index (χ3n) is 5.17. The molecule has 1 saturated heterocycles. The number of pyridine rings is 1. The monoisotopic (exact) mass is 453 g/mol. The fraction of sp³-hybridized carbons (Fsp3) is 0.417. The zero-order valence-electron chi connectivity index (χ0n) is 19.5. The Kier molecular flexibility index (Phi) is 7.52. The fourth-order valence-corrected chi connectivity index (χ4v) is 3.69. The number of nitrogens with zero attached hydrogens (tertiary/aromatic N) is 2. The maximum absolute atomic E-state index is 13.0. The van der Waals surface area contributed by atoms with Crippen molar-refractivity contribution in [3.05, 3.63) is 48.2 Å². The first-order chi connectivity index (χ1) is 15.7. The molecule has 3 rings (SSSR count). The Morgan fingerprint density at radius 1 is 1.06 bits per heavy atom. The van der Waals surface area contributed by atoms with E-state index < -0.39 is 23.5 Å². The van der Waals surface area contributed by atoms with E-state index in [2.05, 4.69) is 20.9 Å². The molecule has 33 heavy (non-hydrogen) atoms. The Morgan fingerprint density at radius 3 is 2.52 bits per heavy atom. The van der Waals surface area contributed by atoms with Crippen LogP contribution in [-0.4, -0.2) is 47.0 Å². The number of hydrogen-bond acceptors (Lipinski definition) is 6. The topological polar surface area (TPSA) is 113 Å². The molecule has 1 atom stereocenters. The molecule has 9 heteroatoms. The molecule has 2 aromatic rings. The molecular weight excluding hydrogens is 422 g/mol. The normalized spacial score (nSPS) is 16.0. The summed E-state index contributed by atoms with van der Waals surface area (Å²) < 4.78 is 5.18. The van der Waals surface area contributed by atoms with E-state index in [-0.39, 0.29) is 11.9 Å². The van der Waals surface area contributed by atoms with Crippen LogP contribution >= 0.6 is 0 Å². The fourth-order valence-electron chi connectivity index (χ4n) is 3.69. The standard InChI is InChI=1S/C24H31N5O4/c1-24(2,3)33-23(32)28-20-12-11-18(15-26-20)27-21(30)22(31)29-13-6-5-10-19(29)16-8-7-9-17(14-16)25-4/h7-9,11-12,14-15,19,25H,5-6,10,13H2,1-4H3,(H,27,30)(H,26,28,32). The first-order valence-corrected chi connectivity index (χ1v) is 11.0. The molecule has 1 fully saturated rings. The van der Waals surface area contributed by atoms with Crippen LogP contribution in [0.1, 0.15) is 51.6 Å². The zero-order chi connectivity index (χ0) is 24.0. The van der Waals surface area contributed by atoms with Crippen molar-refractivity contribution in [1.29, 1.82) is 0 Å². The van der Waals surface area contributed by atoms with Gasteiger partial charge in [0.05, 0.1) is 17.9 Å². The Labute approximate surface area is 193 Å². The highest BCUT2D eigenvalue weighted by atomic mass is 16.6. The van der Waals surface area contributed by atoms with Crippen LogP contribution in [0.5, 0.6) is 0 Å². The van der Waals surface area contributed by atoms with E-state index in [1.807, 2.05) is 31.3 Å². The van der Waals surface area contributed by atoms with Gasteiger partial charge in [0.25, 0.3) is 0 Å². The summed E-state index contributed by atoms with van der Waals surface area (Å²) in [4.78, 5) is 43.3. The van der Waals surface area contributed by atoms with Gasteiger partial charge in [-0.05, 0) is 69.9 Å². The lowest BCUT2D eigenvalue weighted by Gasteiger charge is -2.35. The number of piperidine rings is 1. The van der Waals surface area contributed by atoms with Gasteiger partial charge in [0.2, 0.25) is 0 Å². The summed E-state index contributed by atoms with van der Waals surface area (Å²) in [5.41, 5.74) is 1.69. The van der Waals surface area contributed by atoms with E-state index >= 15 is 0 Å². The Morgan fingerprint density at radius 2 is 1.85 bits per heavy atom. The highest BCUT2D eigenvalue weighted by Crippen LogP contribution is 2.32. The van der Waals surface area contributed by atoms with Gasteiger partial charge in [0, 0.05) is 19.3 Å². The molecule has 1 aromatic carbocycles. The van der Waals surface area contributed by atoms with Crippen molar-refractivity contribution in [2.75, 3.05) is 29.5 Å². The summed E-state index contributed by atoms with van der Waals surface area (Å²) in [6.07, 6.45) is 3.41. The smallest absolute Gasteiger partial charge is 0.413 e. The molecule has 1 aliphatic rings. The molecule has 0 aliphatic carbocycles. The van der Waals surface area contributed by atoms with Gasteiger partial charge in [0.15, 0.2) is 0 Å². The van der Waals surface area contributed by atoms with Crippen LogP contribution in [0, 0.1) is 0 Å². The lowest BCUT2D eigenvalue weighted by molar-refractivity contribution is -0.145. The number of anilines is 3. The molecule has 0 saturated carbocycles. The first-order valence-electron chi connectivity index (χ1n) is 11.0. The number of amides is 3. The number of carbonyl (C=O) groups is 3. The van der Waals surface area contributed by atoms with Crippen molar-refractivity contribution in [2.45, 2.75) is 51.7 Å². The van der Waals surface area contributed by atoms with Crippen molar-refractivity contribution in [3.8, 4) is 0 Å². The minimum Gasteiger partial charge on any atom is -0.444 e. The molecule has 176 valence electrons. The number of hydrogen-bond donors (Lipinski definition) is 3. The summed E-state index contributed by atoms with van der Waals surface area (Å²) in [7, 11) is 1.85. The summed E-state index contributed by atoms with van der Waals surface area (Å²) in [5, 5.41) is 8.23. The Bertz CT molecular complexity index is 1000. The van der Waals surface area contributed by atoms with Crippen LogP contribution in [0.25, 0.3) is 0 Å². The van der Waals surface area contributed by atoms with Gasteiger partial charge in [-0.2, -0.15) is 0 Å². The third-order valence-corrected chi connectivity index (χ3v) is 5.17. The SMILES string of the molecule is CNc1cccc(C2CCCCN2C(=O)C(=O)Nc2ccc(NC(=O)OC(C)(C)C)nc2)c1. The summed E-state index contributed by atoms with van der Waals surface area (Å²) in [5.74, 6) is -1.03. The zero-order valence-corrected chi connectivity index (χ0v) is 19.5. The summed E-state index contributed by atoms with van der Waals surface area (Å²) in [6, 6.07) is 10.8. The van der Waals surface area contributed by atoms with Gasteiger partial charge in [0.1, 0.15) is 11.4 Å². The van der Waals surface area contributed by atoms with Crippen molar-refractivity contribution >= 4 is 35.1 Å². The van der Waals surface area contributed by atoms with E-state index in [0.717, 1.165) is 30.5 Å². The quantitative estimate of drug-likeness (QED) is 0.599. The number of carbonyl (C=O) groups excluding carboxylic acids is 3. The lowest BCUT2D eigenvalue weighted by atomic mass is 9.94. The first kappa shape index (κ1) is 24.0. The lowest BCUT2D eigenvalue weighted by Crippen LogP contribution is -2.44. The molecule has 1 aliphatic heterocycles. The predicted octanol–water partition coefficient (Wildman–Crippen LogP) is 4.16. The van der Waals surface area contributed by atoms with E-state index in [9.17, 15) is 14.4 Å². The molecule has 1 aromatic heterocycles. The van der Waals surface area contributed by atoms with Gasteiger partial charge in [-0.15, -0.1) is 0 Å². The van der Waals surface area contributed by atoms with Crippen LogP contribution in [0.3, 0.4) is 0 Å². The van der Waals surface area contributed by atoms with Crippen molar-refractivity contribution in [3.63, 3.8) is 0 Å². The third kappa shape index (κ3) is 6.68. The second kappa shape index (κ2) is 10.3. The minimum absolute atomic E-state index is 0.149. The van der Waals surface area contributed by atoms with E-state index in [0.29, 0.717) is 12.2 Å². The van der Waals surface area contributed by atoms with Gasteiger partial charge < -0.3 is 20.3 Å². The van der Waals surface area contributed by atoms with Crippen molar-refractivity contribution < 1.29 is 19.1 Å². The number of likely N-dealkylation sites (tertiary alicyclic amines) is 1. The predicted molar refractivity (Wildman–Crippen MR) is 127 cm³/mol. The van der Waals surface area contributed by atoms with Crippen molar-refractivity contribution in [1.82, 2.24) is 9.88 Å². The van der Waals surface area contributed by atoms with Crippen LogP contribution in [0.15, 0.2) is 42.6 Å². The van der Waals surface area contributed by atoms with Crippen LogP contribution < -0.4 is 16.0 Å². The van der Waals surface area contributed by atoms with Gasteiger partial charge in [-0.1, -0.05) is 12.1 Å². The Hall–Kier alpha value is -3.62. The average Bonchev–Trinajstić information content (AvgIpc) is 2.78. The van der Waals surface area contributed by atoms with Gasteiger partial charge in [-0.25, -0.2) is 9.78 Å². The van der Waals surface area contributed by atoms with E-state index in [1.165, 1.54) is 12.3 Å². The molecular formula is C24H31N5O4. The number of nitrogens with one attached hydrogen (secondary N) is 3. The van der Waals surface area contributed by atoms with Gasteiger partial charge in [-0.3, -0.25) is 14.9 Å². The summed E-state index contributed by atoms with van der Waals surface area (Å²) in [6.45, 7) is 5.82. The Balaban J connectivity index is 1.64. The summed E-state index contributed by atoms with van der Waals surface area (Å²) >= 11 is 0. The molecule has 1 unspecified atom stereocenters. The molecule has 0 radical (unpaired) electrons. The minimum atomic E-state index is -0.721. The number of ether oxygens (including phenoxy) is 1. The average molecular weight is 454 g/mol. The number of rotatable bonds is 4. The van der Waals surface area contributed by atoms with Crippen LogP contribution in [0.4, 0.5) is 22.0 Å². The second-order valence-electron chi connectivity index (χ2n) is 8.90. The maximum atomic E-state index is 13.0. The maximum Gasteiger partial charge on any atom is 0.413 e. The molecule has 2 heterocycles. The van der Waals surface area contributed by atoms with Crippen LogP contribution in [0.2, 0.25) is 0 Å². The largest absolute Gasteiger partial charge is 0.444 e. The number of benzene rings is 1. The molecule has 9 nitrogen and oxygen atoms in total. The number of aromatic nitrogens is 1. The van der Waals surface area contributed by atoms with Crippen molar-refractivity contribution in [2.24, 2.45) is 0 Å². The highest BCUT2D eigenvalue weighted by Gasteiger charge is 2.32. The molecule has 0 bridgehead atoms. The molecule has 0 spiro atoms. The van der Waals surface area contributed by atoms with E-state index in [1.54, 1.807) is 31.7 Å². The highest BCUT2D eigenvalue weighted by molar-refractivity contribution is 6.39. The molecule has 3 amide bonds.